The Morgan fingerprint density at radius 2 is 1.86 bits per heavy atom. The van der Waals surface area contributed by atoms with Gasteiger partial charge < -0.3 is 15.5 Å². The first-order valence-corrected chi connectivity index (χ1v) is 10.3. The van der Waals surface area contributed by atoms with Gasteiger partial charge in [-0.15, -0.1) is 0 Å². The molecule has 3 rings (SSSR count). The molecule has 154 valence electrons. The molecule has 0 aliphatic carbocycles. The van der Waals surface area contributed by atoms with Gasteiger partial charge in [0.2, 0.25) is 5.91 Å². The van der Waals surface area contributed by atoms with Crippen LogP contribution in [0.3, 0.4) is 0 Å². The highest BCUT2D eigenvalue weighted by molar-refractivity contribution is 6.31. The maximum absolute atomic E-state index is 12.9. The van der Waals surface area contributed by atoms with Crippen molar-refractivity contribution in [1.82, 2.24) is 10.2 Å². The Bertz CT molecular complexity index is 897. The Morgan fingerprint density at radius 3 is 2.59 bits per heavy atom. The van der Waals surface area contributed by atoms with Crippen molar-refractivity contribution in [2.24, 2.45) is 5.41 Å². The number of carbonyl (C=O) groups excluding carboxylic acids is 2. The quantitative estimate of drug-likeness (QED) is 0.748. The highest BCUT2D eigenvalue weighted by atomic mass is 35.5. The van der Waals surface area contributed by atoms with Gasteiger partial charge in [0, 0.05) is 30.3 Å². The molecule has 6 heteroatoms. The fraction of sp³-hybridized carbons (Fsp3) is 0.391. The van der Waals surface area contributed by atoms with E-state index in [4.69, 9.17) is 11.6 Å². The van der Waals surface area contributed by atoms with Crippen LogP contribution in [-0.2, 0) is 11.3 Å². The first-order valence-electron chi connectivity index (χ1n) is 9.93. The number of halogens is 1. The summed E-state index contributed by atoms with van der Waals surface area (Å²) in [5, 5.41) is 6.54. The number of hydrogen-bond donors (Lipinski definition) is 2. The van der Waals surface area contributed by atoms with Crippen molar-refractivity contribution >= 4 is 29.2 Å². The van der Waals surface area contributed by atoms with Gasteiger partial charge in [-0.05, 0) is 56.9 Å². The number of rotatable bonds is 4. The molecule has 1 heterocycles. The number of nitrogens with zero attached hydrogens (tertiary/aromatic N) is 1. The average Bonchev–Trinajstić information content (AvgIpc) is 2.70. The molecule has 1 saturated heterocycles. The largest absolute Gasteiger partial charge is 0.351 e. The van der Waals surface area contributed by atoms with E-state index in [9.17, 15) is 9.59 Å². The monoisotopic (exact) mass is 413 g/mol. The second-order valence-electron chi connectivity index (χ2n) is 8.14. The van der Waals surface area contributed by atoms with E-state index in [0.717, 1.165) is 24.0 Å². The van der Waals surface area contributed by atoms with Crippen LogP contribution in [0.15, 0.2) is 42.5 Å². The second kappa shape index (κ2) is 8.87. The number of urea groups is 1. The fourth-order valence-corrected chi connectivity index (χ4v) is 3.80. The molecule has 2 aromatic rings. The number of nitrogens with one attached hydrogen (secondary N) is 2. The molecule has 2 N–H and O–H groups in total. The number of likely N-dealkylation sites (tertiary alicyclic amines) is 1. The summed E-state index contributed by atoms with van der Waals surface area (Å²) in [6.45, 7) is 7.40. The Kier molecular flexibility index (Phi) is 6.48. The van der Waals surface area contributed by atoms with Crippen molar-refractivity contribution in [1.29, 1.82) is 0 Å². The van der Waals surface area contributed by atoms with E-state index in [2.05, 4.69) is 10.6 Å². The topological polar surface area (TPSA) is 61.4 Å². The maximum Gasteiger partial charge on any atom is 0.321 e. The lowest BCUT2D eigenvalue weighted by molar-refractivity contribution is -0.132. The fourth-order valence-electron chi connectivity index (χ4n) is 3.62. The van der Waals surface area contributed by atoms with Crippen LogP contribution < -0.4 is 10.6 Å². The first kappa shape index (κ1) is 21.2. The molecule has 29 heavy (non-hydrogen) atoms. The molecule has 2 aromatic carbocycles. The van der Waals surface area contributed by atoms with Gasteiger partial charge in [-0.2, -0.15) is 0 Å². The van der Waals surface area contributed by atoms with Crippen molar-refractivity contribution in [2.75, 3.05) is 18.4 Å². The normalized spacial score (nSPS) is 19.0. The molecule has 1 aliphatic rings. The lowest BCUT2D eigenvalue weighted by atomic mass is 9.81. The molecule has 0 bridgehead atoms. The number of benzene rings is 2. The van der Waals surface area contributed by atoms with Gasteiger partial charge in [0.15, 0.2) is 0 Å². The highest BCUT2D eigenvalue weighted by Crippen LogP contribution is 2.30. The zero-order valence-corrected chi connectivity index (χ0v) is 18.0. The lowest BCUT2D eigenvalue weighted by Crippen LogP contribution is -2.52. The standard InChI is InChI=1S/C23H28ClN3O2/c1-16-5-8-18(9-6-16)14-25-21(28)23(3)11-4-12-27(15-23)22(29)26-20-13-19(24)10-7-17(20)2/h5-10,13H,4,11-12,14-15H2,1-3H3,(H,25,28)(H,26,29)/t23-/m1/s1. The molecule has 3 amide bonds. The Hall–Kier alpha value is -2.53. The van der Waals surface area contributed by atoms with Crippen LogP contribution in [0.1, 0.15) is 36.5 Å². The predicted molar refractivity (Wildman–Crippen MR) is 117 cm³/mol. The van der Waals surface area contributed by atoms with Gasteiger partial charge >= 0.3 is 6.03 Å². The number of amides is 3. The van der Waals surface area contributed by atoms with Crippen LogP contribution in [0, 0.1) is 19.3 Å². The van der Waals surface area contributed by atoms with E-state index < -0.39 is 5.41 Å². The predicted octanol–water partition coefficient (Wildman–Crippen LogP) is 4.91. The van der Waals surface area contributed by atoms with Gasteiger partial charge in [0.05, 0.1) is 5.41 Å². The second-order valence-corrected chi connectivity index (χ2v) is 8.58. The van der Waals surface area contributed by atoms with Crippen molar-refractivity contribution in [3.63, 3.8) is 0 Å². The maximum atomic E-state index is 12.9. The molecule has 1 fully saturated rings. The number of anilines is 1. The molecule has 0 spiro atoms. The number of carbonyl (C=O) groups is 2. The van der Waals surface area contributed by atoms with E-state index in [0.29, 0.717) is 30.3 Å². The molecule has 1 aliphatic heterocycles. The van der Waals surface area contributed by atoms with Crippen LogP contribution >= 0.6 is 11.6 Å². The summed E-state index contributed by atoms with van der Waals surface area (Å²) < 4.78 is 0. The molecular weight excluding hydrogens is 386 g/mol. The number of aryl methyl sites for hydroxylation is 2. The smallest absolute Gasteiger partial charge is 0.321 e. The summed E-state index contributed by atoms with van der Waals surface area (Å²) in [6.07, 6.45) is 1.54. The SMILES string of the molecule is Cc1ccc(CNC(=O)[C@]2(C)CCCN(C(=O)Nc3cc(Cl)ccc3C)C2)cc1. The van der Waals surface area contributed by atoms with Gasteiger partial charge in [-0.3, -0.25) is 4.79 Å². The van der Waals surface area contributed by atoms with Crippen molar-refractivity contribution in [3.8, 4) is 0 Å². The molecule has 5 nitrogen and oxygen atoms in total. The van der Waals surface area contributed by atoms with Crippen LogP contribution in [0.5, 0.6) is 0 Å². The minimum atomic E-state index is -0.607. The number of piperidine rings is 1. The van der Waals surface area contributed by atoms with Gasteiger partial charge in [-0.1, -0.05) is 47.5 Å². The van der Waals surface area contributed by atoms with E-state index in [1.165, 1.54) is 5.56 Å². The summed E-state index contributed by atoms with van der Waals surface area (Å²) in [7, 11) is 0. The molecule has 0 unspecified atom stereocenters. The van der Waals surface area contributed by atoms with E-state index >= 15 is 0 Å². The highest BCUT2D eigenvalue weighted by Gasteiger charge is 2.39. The zero-order valence-electron chi connectivity index (χ0n) is 17.2. The Morgan fingerprint density at radius 1 is 1.14 bits per heavy atom. The van der Waals surface area contributed by atoms with E-state index in [1.807, 2.05) is 51.1 Å². The van der Waals surface area contributed by atoms with Crippen LogP contribution in [0.2, 0.25) is 5.02 Å². The molecule has 0 radical (unpaired) electrons. The third-order valence-corrected chi connectivity index (χ3v) is 5.78. The molecule has 0 aromatic heterocycles. The van der Waals surface area contributed by atoms with Gasteiger partial charge in [-0.25, -0.2) is 4.79 Å². The van der Waals surface area contributed by atoms with Crippen LogP contribution in [-0.4, -0.2) is 29.9 Å². The van der Waals surface area contributed by atoms with Gasteiger partial charge in [0.25, 0.3) is 0 Å². The van der Waals surface area contributed by atoms with Crippen molar-refractivity contribution in [3.05, 3.63) is 64.2 Å². The van der Waals surface area contributed by atoms with Gasteiger partial charge in [0.1, 0.15) is 0 Å². The molecule has 1 atom stereocenters. The molecular formula is C23H28ClN3O2. The Labute approximate surface area is 177 Å². The Balaban J connectivity index is 1.61. The van der Waals surface area contributed by atoms with E-state index in [-0.39, 0.29) is 11.9 Å². The van der Waals surface area contributed by atoms with Crippen LogP contribution in [0.4, 0.5) is 10.5 Å². The molecule has 0 saturated carbocycles. The average molecular weight is 414 g/mol. The number of hydrogen-bond acceptors (Lipinski definition) is 2. The summed E-state index contributed by atoms with van der Waals surface area (Å²) in [4.78, 5) is 27.4. The van der Waals surface area contributed by atoms with E-state index in [1.54, 1.807) is 17.0 Å². The summed E-state index contributed by atoms with van der Waals surface area (Å²) in [5.74, 6) is -0.0190. The summed E-state index contributed by atoms with van der Waals surface area (Å²) in [5.41, 5.74) is 3.28. The first-order chi connectivity index (χ1) is 13.8. The van der Waals surface area contributed by atoms with Crippen molar-refractivity contribution < 1.29 is 9.59 Å². The lowest BCUT2D eigenvalue weighted by Gasteiger charge is -2.39. The minimum Gasteiger partial charge on any atom is -0.351 e. The minimum absolute atomic E-state index is 0.0190. The summed E-state index contributed by atoms with van der Waals surface area (Å²) >= 11 is 6.05. The summed E-state index contributed by atoms with van der Waals surface area (Å²) in [6, 6.07) is 13.3. The van der Waals surface area contributed by atoms with Crippen molar-refractivity contribution in [2.45, 2.75) is 40.2 Å². The van der Waals surface area contributed by atoms with Crippen LogP contribution in [0.25, 0.3) is 0 Å². The third-order valence-electron chi connectivity index (χ3n) is 5.55. The third kappa shape index (κ3) is 5.30. The zero-order chi connectivity index (χ0) is 21.0.